The number of benzene rings is 1. The lowest BCUT2D eigenvalue weighted by atomic mass is 10.1. The fraction of sp³-hybridized carbons (Fsp3) is 0.375. The number of primary amides is 1. The number of carboxylic acids is 1. The van der Waals surface area contributed by atoms with Crippen molar-refractivity contribution in [2.45, 2.75) is 39.2 Å². The number of terminal acetylenes is 1. The van der Waals surface area contributed by atoms with Gasteiger partial charge in [-0.3, -0.25) is 4.79 Å². The number of amides is 1. The predicted octanol–water partition coefficient (Wildman–Crippen LogP) is 3.11. The van der Waals surface area contributed by atoms with Crippen LogP contribution in [0, 0.1) is 24.5 Å². The highest BCUT2D eigenvalue weighted by Gasteiger charge is 2.12. The number of carbonyl (C=O) groups excluding carboxylic acids is 1. The van der Waals surface area contributed by atoms with E-state index in [2.05, 4.69) is 17.6 Å². The van der Waals surface area contributed by atoms with Crippen LogP contribution in [-0.4, -0.2) is 22.8 Å². The molecular weight excluding hydrogens is 308 g/mol. The maximum atomic E-state index is 12.9. The van der Waals surface area contributed by atoms with Gasteiger partial charge in [-0.25, -0.2) is 13.6 Å². The van der Waals surface area contributed by atoms with Gasteiger partial charge in [0.1, 0.15) is 17.2 Å². The molecule has 1 aromatic carbocycles. The number of aliphatic carboxylic acids is 1. The number of carboxylic acid groups (broad SMARTS) is 1. The second kappa shape index (κ2) is 11.0. The molecule has 23 heavy (non-hydrogen) atoms. The Hall–Kier alpha value is -2.62. The zero-order valence-corrected chi connectivity index (χ0v) is 13.3. The predicted molar refractivity (Wildman–Crippen MR) is 82.6 cm³/mol. The van der Waals surface area contributed by atoms with Crippen molar-refractivity contribution in [2.24, 2.45) is 5.73 Å². The molecule has 0 unspecified atom stereocenters. The zero-order chi connectivity index (χ0) is 18.6. The smallest absolute Gasteiger partial charge is 0.405 e. The van der Waals surface area contributed by atoms with Crippen molar-refractivity contribution in [1.82, 2.24) is 0 Å². The maximum absolute atomic E-state index is 12.9. The van der Waals surface area contributed by atoms with Crippen molar-refractivity contribution in [3.05, 3.63) is 35.4 Å². The lowest BCUT2D eigenvalue weighted by Crippen LogP contribution is -2.27. The molecule has 0 spiro atoms. The van der Waals surface area contributed by atoms with E-state index < -0.39 is 29.3 Å². The first-order valence-corrected chi connectivity index (χ1v) is 6.49. The quantitative estimate of drug-likeness (QED) is 0.834. The summed E-state index contributed by atoms with van der Waals surface area (Å²) in [6.07, 6.45) is 7.21. The summed E-state index contributed by atoms with van der Waals surface area (Å²) < 4.78 is 29.8. The van der Waals surface area contributed by atoms with Crippen molar-refractivity contribution in [3.63, 3.8) is 0 Å². The molecule has 0 saturated heterocycles. The summed E-state index contributed by atoms with van der Waals surface area (Å²) in [5.74, 6) is -2.35. The summed E-state index contributed by atoms with van der Waals surface area (Å²) in [5.41, 5.74) is 4.49. The van der Waals surface area contributed by atoms with Crippen LogP contribution in [0.3, 0.4) is 0 Å². The molecule has 1 rings (SSSR count). The van der Waals surface area contributed by atoms with Gasteiger partial charge in [0.2, 0.25) is 0 Å². The standard InChI is InChI=1S/C9H8F2O2.C5H11NO2.C2H2/c10-7-3-1-6(8(11)5-7)2-4-9(12)13;1-5(2,3)8-4(6)7;1-2/h1,3,5H,2,4H2,(H,12,13);1-3H3,(H2,6,7);1-2H. The fourth-order valence-corrected chi connectivity index (χ4v) is 1.27. The van der Waals surface area contributed by atoms with E-state index in [1.165, 1.54) is 6.07 Å². The molecule has 0 fully saturated rings. The Bertz CT molecular complexity index is 537. The summed E-state index contributed by atoms with van der Waals surface area (Å²) in [6.45, 7) is 5.28. The second-order valence-corrected chi connectivity index (χ2v) is 5.16. The first-order chi connectivity index (χ1) is 10.5. The molecule has 128 valence electrons. The van der Waals surface area contributed by atoms with Gasteiger partial charge in [-0.2, -0.15) is 0 Å². The molecule has 1 amide bonds. The molecule has 0 bridgehead atoms. The topological polar surface area (TPSA) is 89.6 Å². The Kier molecular flexibility index (Phi) is 10.9. The minimum Gasteiger partial charge on any atom is -0.481 e. The Morgan fingerprint density at radius 1 is 1.26 bits per heavy atom. The molecule has 0 radical (unpaired) electrons. The van der Waals surface area contributed by atoms with Gasteiger partial charge in [0, 0.05) is 12.5 Å². The van der Waals surface area contributed by atoms with E-state index in [4.69, 9.17) is 10.8 Å². The van der Waals surface area contributed by atoms with Crippen LogP contribution in [0.5, 0.6) is 0 Å². The third kappa shape index (κ3) is 14.1. The molecule has 0 aromatic heterocycles. The third-order valence-electron chi connectivity index (χ3n) is 2.03. The minimum atomic E-state index is -0.997. The van der Waals surface area contributed by atoms with E-state index in [1.807, 2.05) is 0 Å². The first kappa shape index (κ1) is 22.7. The van der Waals surface area contributed by atoms with Crippen LogP contribution in [0.15, 0.2) is 18.2 Å². The van der Waals surface area contributed by atoms with Gasteiger partial charge in [-0.15, -0.1) is 12.8 Å². The number of rotatable bonds is 3. The molecule has 0 aliphatic rings. The van der Waals surface area contributed by atoms with Crippen LogP contribution in [0.4, 0.5) is 13.6 Å². The van der Waals surface area contributed by atoms with E-state index in [1.54, 1.807) is 20.8 Å². The van der Waals surface area contributed by atoms with Crippen LogP contribution in [-0.2, 0) is 16.0 Å². The Balaban J connectivity index is 0. The average Bonchev–Trinajstić information content (AvgIpc) is 2.37. The highest BCUT2D eigenvalue weighted by atomic mass is 19.1. The molecule has 0 heterocycles. The fourth-order valence-electron chi connectivity index (χ4n) is 1.27. The third-order valence-corrected chi connectivity index (χ3v) is 2.03. The number of hydrogen-bond donors (Lipinski definition) is 2. The Morgan fingerprint density at radius 2 is 1.78 bits per heavy atom. The summed E-state index contributed by atoms with van der Waals surface area (Å²) in [6, 6.07) is 3.12. The first-order valence-electron chi connectivity index (χ1n) is 6.49. The van der Waals surface area contributed by atoms with Gasteiger partial charge in [0.05, 0.1) is 0 Å². The SMILES string of the molecule is C#C.CC(C)(C)OC(N)=O.O=C(O)CCc1ccc(F)cc1F. The summed E-state index contributed by atoms with van der Waals surface area (Å²) in [7, 11) is 0. The number of ether oxygens (including phenoxy) is 1. The molecule has 7 heteroatoms. The van der Waals surface area contributed by atoms with Crippen molar-refractivity contribution < 1.29 is 28.2 Å². The highest BCUT2D eigenvalue weighted by molar-refractivity contribution is 5.67. The van der Waals surface area contributed by atoms with Gasteiger partial charge < -0.3 is 15.6 Å². The van der Waals surface area contributed by atoms with Gasteiger partial charge in [-0.1, -0.05) is 6.07 Å². The molecule has 0 atom stereocenters. The normalized spacial score (nSPS) is 9.52. The largest absolute Gasteiger partial charge is 0.481 e. The van der Waals surface area contributed by atoms with Gasteiger partial charge in [-0.05, 0) is 38.8 Å². The van der Waals surface area contributed by atoms with Gasteiger partial charge in [0.25, 0.3) is 0 Å². The lowest BCUT2D eigenvalue weighted by molar-refractivity contribution is -0.136. The van der Waals surface area contributed by atoms with E-state index in [9.17, 15) is 18.4 Å². The average molecular weight is 329 g/mol. The van der Waals surface area contributed by atoms with Gasteiger partial charge >= 0.3 is 12.1 Å². The number of halogens is 2. The Labute approximate surface area is 134 Å². The highest BCUT2D eigenvalue weighted by Crippen LogP contribution is 2.11. The van der Waals surface area contributed by atoms with Crippen LogP contribution < -0.4 is 5.73 Å². The lowest BCUT2D eigenvalue weighted by Gasteiger charge is -2.16. The van der Waals surface area contributed by atoms with Crippen molar-refractivity contribution in [1.29, 1.82) is 0 Å². The molecule has 0 aliphatic heterocycles. The van der Waals surface area contributed by atoms with E-state index in [0.717, 1.165) is 12.1 Å². The molecular formula is C16H21F2NO4. The van der Waals surface area contributed by atoms with Crippen molar-refractivity contribution >= 4 is 12.1 Å². The molecule has 1 aromatic rings. The number of aryl methyl sites for hydroxylation is 1. The summed E-state index contributed by atoms with van der Waals surface area (Å²) in [4.78, 5) is 20.2. The molecule has 0 saturated carbocycles. The van der Waals surface area contributed by atoms with Gasteiger partial charge in [0.15, 0.2) is 0 Å². The van der Waals surface area contributed by atoms with Crippen LogP contribution in [0.2, 0.25) is 0 Å². The second-order valence-electron chi connectivity index (χ2n) is 5.16. The molecule has 3 N–H and O–H groups in total. The molecule has 0 aliphatic carbocycles. The summed E-state index contributed by atoms with van der Waals surface area (Å²) in [5, 5.41) is 8.32. The number of carbonyl (C=O) groups is 2. The minimum absolute atomic E-state index is 0.0848. The monoisotopic (exact) mass is 329 g/mol. The van der Waals surface area contributed by atoms with Crippen LogP contribution in [0.1, 0.15) is 32.8 Å². The number of nitrogens with two attached hydrogens (primary N) is 1. The number of hydrogen-bond acceptors (Lipinski definition) is 3. The van der Waals surface area contributed by atoms with Crippen molar-refractivity contribution in [3.8, 4) is 12.8 Å². The van der Waals surface area contributed by atoms with Crippen LogP contribution in [0.25, 0.3) is 0 Å². The van der Waals surface area contributed by atoms with E-state index in [0.29, 0.717) is 0 Å². The van der Waals surface area contributed by atoms with Crippen molar-refractivity contribution in [2.75, 3.05) is 0 Å². The molecule has 5 nitrogen and oxygen atoms in total. The summed E-state index contributed by atoms with van der Waals surface area (Å²) >= 11 is 0. The zero-order valence-electron chi connectivity index (χ0n) is 13.3. The van der Waals surface area contributed by atoms with E-state index in [-0.39, 0.29) is 18.4 Å². The van der Waals surface area contributed by atoms with E-state index >= 15 is 0 Å². The van der Waals surface area contributed by atoms with Crippen LogP contribution >= 0.6 is 0 Å². The Morgan fingerprint density at radius 3 is 2.09 bits per heavy atom. The maximum Gasteiger partial charge on any atom is 0.405 e.